The van der Waals surface area contributed by atoms with Crippen LogP contribution in [0.3, 0.4) is 0 Å². The molecule has 0 heterocycles. The molecule has 0 aromatic heterocycles. The molecule has 2 amide bonds. The highest BCUT2D eigenvalue weighted by molar-refractivity contribution is 6.42. The van der Waals surface area contributed by atoms with Crippen molar-refractivity contribution >= 4 is 40.7 Å². The van der Waals surface area contributed by atoms with E-state index in [1.807, 2.05) is 32.9 Å². The van der Waals surface area contributed by atoms with Crippen LogP contribution >= 0.6 is 23.2 Å². The lowest BCUT2D eigenvalue weighted by Gasteiger charge is -2.30. The van der Waals surface area contributed by atoms with E-state index in [0.717, 1.165) is 31.4 Å². The zero-order valence-electron chi connectivity index (χ0n) is 17.6. The first-order chi connectivity index (χ1) is 14.1. The van der Waals surface area contributed by atoms with E-state index >= 15 is 0 Å². The molecule has 1 fully saturated rings. The SMILES string of the molecule is CC(C)(C)NC(=O)C1CCC(c2ccc(NC(=O)c3ccc(Cl)c(Cl)c3)cc2)CC1. The first-order valence-electron chi connectivity index (χ1n) is 10.3. The number of hydrogen-bond acceptors (Lipinski definition) is 2. The van der Waals surface area contributed by atoms with E-state index in [2.05, 4.69) is 22.8 Å². The topological polar surface area (TPSA) is 58.2 Å². The van der Waals surface area contributed by atoms with Gasteiger partial charge in [-0.15, -0.1) is 0 Å². The van der Waals surface area contributed by atoms with Crippen molar-refractivity contribution in [2.75, 3.05) is 5.32 Å². The third kappa shape index (κ3) is 5.99. The lowest BCUT2D eigenvalue weighted by atomic mass is 9.78. The predicted octanol–water partition coefficient (Wildman–Crippen LogP) is 6.43. The maximum Gasteiger partial charge on any atom is 0.255 e. The number of amides is 2. The Morgan fingerprint density at radius 2 is 1.53 bits per heavy atom. The van der Waals surface area contributed by atoms with Crippen LogP contribution in [0.5, 0.6) is 0 Å². The molecular weight excluding hydrogens is 419 g/mol. The average molecular weight is 447 g/mol. The molecule has 2 N–H and O–H groups in total. The van der Waals surface area contributed by atoms with E-state index in [1.165, 1.54) is 5.56 Å². The second-order valence-corrected chi connectivity index (χ2v) is 9.81. The van der Waals surface area contributed by atoms with Gasteiger partial charge in [-0.3, -0.25) is 9.59 Å². The first-order valence-corrected chi connectivity index (χ1v) is 11.1. The van der Waals surface area contributed by atoms with Gasteiger partial charge in [-0.2, -0.15) is 0 Å². The molecule has 0 atom stereocenters. The Kier molecular flexibility index (Phi) is 7.10. The molecule has 0 radical (unpaired) electrons. The summed E-state index contributed by atoms with van der Waals surface area (Å²) in [5, 5.41) is 6.75. The molecular formula is C24H28Cl2N2O2. The van der Waals surface area contributed by atoms with Gasteiger partial charge in [0.1, 0.15) is 0 Å². The number of halogens is 2. The monoisotopic (exact) mass is 446 g/mol. The zero-order valence-corrected chi connectivity index (χ0v) is 19.1. The van der Waals surface area contributed by atoms with Crippen molar-refractivity contribution in [2.45, 2.75) is 57.9 Å². The van der Waals surface area contributed by atoms with Gasteiger partial charge in [-0.05, 0) is 88.3 Å². The molecule has 1 saturated carbocycles. The van der Waals surface area contributed by atoms with E-state index in [1.54, 1.807) is 18.2 Å². The Hall–Kier alpha value is -2.04. The highest BCUT2D eigenvalue weighted by Crippen LogP contribution is 2.36. The average Bonchev–Trinajstić information content (AvgIpc) is 2.69. The molecule has 3 rings (SSSR count). The van der Waals surface area contributed by atoms with Crippen LogP contribution < -0.4 is 10.6 Å². The Morgan fingerprint density at radius 1 is 0.900 bits per heavy atom. The van der Waals surface area contributed by atoms with Crippen LogP contribution in [-0.2, 0) is 4.79 Å². The molecule has 0 unspecified atom stereocenters. The summed E-state index contributed by atoms with van der Waals surface area (Å²) in [6.07, 6.45) is 3.80. The van der Waals surface area contributed by atoms with E-state index in [4.69, 9.17) is 23.2 Å². The molecule has 0 spiro atoms. The van der Waals surface area contributed by atoms with Gasteiger partial charge < -0.3 is 10.6 Å². The molecule has 1 aliphatic carbocycles. The van der Waals surface area contributed by atoms with Gasteiger partial charge >= 0.3 is 0 Å². The lowest BCUT2D eigenvalue weighted by Crippen LogP contribution is -2.44. The van der Waals surface area contributed by atoms with Crippen LogP contribution in [0, 0.1) is 5.92 Å². The summed E-state index contributed by atoms with van der Waals surface area (Å²) in [5.41, 5.74) is 2.25. The number of rotatable bonds is 4. The quantitative estimate of drug-likeness (QED) is 0.567. The highest BCUT2D eigenvalue weighted by atomic mass is 35.5. The van der Waals surface area contributed by atoms with Gasteiger partial charge in [-0.1, -0.05) is 35.3 Å². The third-order valence-electron chi connectivity index (χ3n) is 5.42. The van der Waals surface area contributed by atoms with E-state index < -0.39 is 0 Å². The maximum absolute atomic E-state index is 12.4. The summed E-state index contributed by atoms with van der Waals surface area (Å²) in [6, 6.07) is 12.8. The van der Waals surface area contributed by atoms with Crippen molar-refractivity contribution in [3.8, 4) is 0 Å². The smallest absolute Gasteiger partial charge is 0.255 e. The van der Waals surface area contributed by atoms with Gasteiger partial charge in [0.2, 0.25) is 5.91 Å². The van der Waals surface area contributed by atoms with Gasteiger partial charge in [0, 0.05) is 22.7 Å². The third-order valence-corrected chi connectivity index (χ3v) is 6.16. The number of hydrogen-bond donors (Lipinski definition) is 2. The van der Waals surface area contributed by atoms with Crippen LogP contribution in [0.15, 0.2) is 42.5 Å². The second-order valence-electron chi connectivity index (χ2n) is 8.99. The Bertz CT molecular complexity index is 912. The zero-order chi connectivity index (χ0) is 21.9. The van der Waals surface area contributed by atoms with Gasteiger partial charge in [-0.25, -0.2) is 0 Å². The Labute approximate surface area is 188 Å². The molecule has 30 heavy (non-hydrogen) atoms. The number of anilines is 1. The molecule has 160 valence electrons. The van der Waals surface area contributed by atoms with Crippen molar-refractivity contribution in [1.29, 1.82) is 0 Å². The van der Waals surface area contributed by atoms with E-state index in [0.29, 0.717) is 21.5 Å². The summed E-state index contributed by atoms with van der Waals surface area (Å²) in [5.74, 6) is 0.488. The normalized spacial score (nSPS) is 19.2. The number of carbonyl (C=O) groups is 2. The van der Waals surface area contributed by atoms with Crippen LogP contribution in [0.4, 0.5) is 5.69 Å². The minimum Gasteiger partial charge on any atom is -0.351 e. The standard InChI is InChI=1S/C24H28Cl2N2O2/c1-24(2,3)28-23(30)17-6-4-15(5-7-17)16-8-11-19(12-9-16)27-22(29)18-10-13-20(25)21(26)14-18/h8-15,17H,4-7H2,1-3H3,(H,27,29)(H,28,30). The predicted molar refractivity (Wildman–Crippen MR) is 123 cm³/mol. The highest BCUT2D eigenvalue weighted by Gasteiger charge is 2.28. The summed E-state index contributed by atoms with van der Waals surface area (Å²) in [6.45, 7) is 6.04. The molecule has 6 heteroatoms. The maximum atomic E-state index is 12.4. The molecule has 0 bridgehead atoms. The Balaban J connectivity index is 1.55. The van der Waals surface area contributed by atoms with Gasteiger partial charge in [0.15, 0.2) is 0 Å². The van der Waals surface area contributed by atoms with Crippen molar-refractivity contribution in [3.05, 3.63) is 63.6 Å². The molecule has 4 nitrogen and oxygen atoms in total. The summed E-state index contributed by atoms with van der Waals surface area (Å²) in [4.78, 5) is 24.8. The molecule has 2 aromatic carbocycles. The molecule has 1 aliphatic rings. The number of benzene rings is 2. The fraction of sp³-hybridized carbons (Fsp3) is 0.417. The van der Waals surface area contributed by atoms with E-state index in [-0.39, 0.29) is 23.3 Å². The molecule has 0 aliphatic heterocycles. The molecule has 2 aromatic rings. The summed E-state index contributed by atoms with van der Waals surface area (Å²) >= 11 is 11.9. The minimum atomic E-state index is -0.230. The lowest BCUT2D eigenvalue weighted by molar-refractivity contribution is -0.127. The largest absolute Gasteiger partial charge is 0.351 e. The van der Waals surface area contributed by atoms with Gasteiger partial charge in [0.05, 0.1) is 10.0 Å². The fourth-order valence-electron chi connectivity index (χ4n) is 3.84. The van der Waals surface area contributed by atoms with Crippen molar-refractivity contribution < 1.29 is 9.59 Å². The van der Waals surface area contributed by atoms with Crippen molar-refractivity contribution in [2.24, 2.45) is 5.92 Å². The Morgan fingerprint density at radius 3 is 2.10 bits per heavy atom. The van der Waals surface area contributed by atoms with Crippen LogP contribution in [0.1, 0.15) is 68.3 Å². The van der Waals surface area contributed by atoms with Crippen molar-refractivity contribution in [1.82, 2.24) is 5.32 Å². The fourth-order valence-corrected chi connectivity index (χ4v) is 4.14. The first kappa shape index (κ1) is 22.6. The van der Waals surface area contributed by atoms with Crippen molar-refractivity contribution in [3.63, 3.8) is 0 Å². The number of carbonyl (C=O) groups excluding carboxylic acids is 2. The summed E-state index contributed by atoms with van der Waals surface area (Å²) < 4.78 is 0. The van der Waals surface area contributed by atoms with Gasteiger partial charge in [0.25, 0.3) is 5.91 Å². The van der Waals surface area contributed by atoms with Crippen LogP contribution in [0.2, 0.25) is 10.0 Å². The minimum absolute atomic E-state index is 0.102. The second kappa shape index (κ2) is 9.40. The van der Waals surface area contributed by atoms with Crippen LogP contribution in [0.25, 0.3) is 0 Å². The van der Waals surface area contributed by atoms with E-state index in [9.17, 15) is 9.59 Å². The number of nitrogens with one attached hydrogen (secondary N) is 2. The van der Waals surface area contributed by atoms with Crippen LogP contribution in [-0.4, -0.2) is 17.4 Å². The molecule has 0 saturated heterocycles. The summed E-state index contributed by atoms with van der Waals surface area (Å²) in [7, 11) is 0.